The molecule has 1 aliphatic rings. The Balaban J connectivity index is 2.25. The third kappa shape index (κ3) is 5.35. The summed E-state index contributed by atoms with van der Waals surface area (Å²) in [7, 11) is 6.16. The van der Waals surface area contributed by atoms with E-state index < -0.39 is 23.3 Å². The van der Waals surface area contributed by atoms with Crippen molar-refractivity contribution in [1.82, 2.24) is 5.32 Å². The van der Waals surface area contributed by atoms with Crippen LogP contribution in [0.25, 0.3) is 0 Å². The SMILES string of the molecule is CCCCCC(=O)NC1CCCC[CH]1[Hg][Cl]. The minimum absolute atomic E-state index is 0.254. The Morgan fingerprint density at radius 2 is 2.12 bits per heavy atom. The molecule has 0 spiro atoms. The van der Waals surface area contributed by atoms with Gasteiger partial charge in [0.25, 0.3) is 0 Å². The fraction of sp³-hybridized carbons (Fsp3) is 0.917. The molecule has 90 valence electrons. The van der Waals surface area contributed by atoms with Gasteiger partial charge in [0.1, 0.15) is 0 Å². The van der Waals surface area contributed by atoms with Gasteiger partial charge in [-0.2, -0.15) is 0 Å². The standard InChI is InChI=1S/C12H22NO.ClH.Hg/c1-2-3-5-10-12(14)13-11-8-6-4-7-9-11;;/h8,11H,2-7,9-10H2,1H3,(H,13,14);1H;/q;;+1/p-1. The van der Waals surface area contributed by atoms with Gasteiger partial charge in [-0.3, -0.25) is 0 Å². The number of hydrogen-bond donors (Lipinski definition) is 1. The molecule has 1 fully saturated rings. The van der Waals surface area contributed by atoms with E-state index in [1.165, 1.54) is 25.7 Å². The summed E-state index contributed by atoms with van der Waals surface area (Å²) in [6.45, 7) is 2.16. The van der Waals surface area contributed by atoms with Crippen LogP contribution in [-0.4, -0.2) is 11.9 Å². The maximum absolute atomic E-state index is 11.7. The van der Waals surface area contributed by atoms with E-state index in [1.807, 2.05) is 0 Å². The molecule has 0 aliphatic heterocycles. The molecule has 2 atom stereocenters. The van der Waals surface area contributed by atoms with E-state index in [2.05, 4.69) is 12.2 Å². The van der Waals surface area contributed by atoms with E-state index in [0.29, 0.717) is 15.9 Å². The molecule has 2 nitrogen and oxygen atoms in total. The van der Waals surface area contributed by atoms with Crippen molar-refractivity contribution in [3.8, 4) is 0 Å². The monoisotopic (exact) mass is 433 g/mol. The first-order valence-electron chi connectivity index (χ1n) is 6.63. The van der Waals surface area contributed by atoms with Crippen LogP contribution in [0, 0.1) is 0 Å². The molecule has 0 aromatic carbocycles. The number of hydrogen-bond acceptors (Lipinski definition) is 1. The van der Waals surface area contributed by atoms with Crippen molar-refractivity contribution < 1.29 is 28.1 Å². The van der Waals surface area contributed by atoms with Gasteiger partial charge in [-0.1, -0.05) is 0 Å². The third-order valence-electron chi connectivity index (χ3n) is 3.46. The molecule has 2 unspecified atom stereocenters. The van der Waals surface area contributed by atoms with Crippen LogP contribution < -0.4 is 5.32 Å². The molecular weight excluding hydrogens is 410 g/mol. The van der Waals surface area contributed by atoms with Gasteiger partial charge < -0.3 is 0 Å². The van der Waals surface area contributed by atoms with Gasteiger partial charge in [-0.05, 0) is 0 Å². The minimum atomic E-state index is -1.19. The van der Waals surface area contributed by atoms with Gasteiger partial charge in [-0.15, -0.1) is 0 Å². The summed E-state index contributed by atoms with van der Waals surface area (Å²) in [6.07, 6.45) is 9.10. The molecule has 1 aliphatic carbocycles. The zero-order valence-corrected chi connectivity index (χ0v) is 16.6. The average molecular weight is 432 g/mol. The van der Waals surface area contributed by atoms with Crippen LogP contribution >= 0.6 is 8.25 Å². The van der Waals surface area contributed by atoms with Crippen molar-refractivity contribution in [3.63, 3.8) is 0 Å². The van der Waals surface area contributed by atoms with Crippen molar-refractivity contribution in [1.29, 1.82) is 0 Å². The summed E-state index contributed by atoms with van der Waals surface area (Å²) in [5.74, 6) is 0.254. The number of unbranched alkanes of at least 4 members (excludes halogenated alkanes) is 2. The molecule has 1 saturated carbocycles. The van der Waals surface area contributed by atoms with Gasteiger partial charge in [0, 0.05) is 0 Å². The van der Waals surface area contributed by atoms with Crippen molar-refractivity contribution in [2.75, 3.05) is 0 Å². The van der Waals surface area contributed by atoms with Crippen LogP contribution in [-0.2, 0) is 28.1 Å². The molecule has 0 aromatic heterocycles. The third-order valence-corrected chi connectivity index (χ3v) is 12.3. The van der Waals surface area contributed by atoms with Crippen LogP contribution in [0.1, 0.15) is 58.3 Å². The quantitative estimate of drug-likeness (QED) is 0.504. The summed E-state index contributed by atoms with van der Waals surface area (Å²) < 4.78 is 0.713. The van der Waals surface area contributed by atoms with Crippen LogP contribution in [0.3, 0.4) is 0 Å². The second-order valence-electron chi connectivity index (χ2n) is 4.83. The van der Waals surface area contributed by atoms with Crippen molar-refractivity contribution in [3.05, 3.63) is 0 Å². The van der Waals surface area contributed by atoms with E-state index in [-0.39, 0.29) is 5.91 Å². The number of nitrogens with one attached hydrogen (secondary N) is 1. The second-order valence-corrected chi connectivity index (χ2v) is 12.8. The summed E-state index contributed by atoms with van der Waals surface area (Å²) in [5, 5.41) is 3.21. The first kappa shape index (κ1) is 14.8. The van der Waals surface area contributed by atoms with Crippen LogP contribution in [0.15, 0.2) is 0 Å². The van der Waals surface area contributed by atoms with Crippen LogP contribution in [0.4, 0.5) is 0 Å². The normalized spacial score (nSPS) is 24.9. The predicted molar refractivity (Wildman–Crippen MR) is 64.1 cm³/mol. The van der Waals surface area contributed by atoms with Gasteiger partial charge in [-0.25, -0.2) is 0 Å². The van der Waals surface area contributed by atoms with E-state index in [1.54, 1.807) is 0 Å². The molecule has 1 amide bonds. The summed E-state index contributed by atoms with van der Waals surface area (Å²) in [5.41, 5.74) is 0. The molecule has 16 heavy (non-hydrogen) atoms. The Hall–Kier alpha value is 0.695. The van der Waals surface area contributed by atoms with Crippen LogP contribution in [0.2, 0.25) is 3.43 Å². The summed E-state index contributed by atoms with van der Waals surface area (Å²) in [4.78, 5) is 11.7. The summed E-state index contributed by atoms with van der Waals surface area (Å²) in [6, 6.07) is 0.432. The van der Waals surface area contributed by atoms with E-state index in [9.17, 15) is 4.79 Å². The van der Waals surface area contributed by atoms with E-state index >= 15 is 0 Å². The Morgan fingerprint density at radius 3 is 2.81 bits per heavy atom. The first-order chi connectivity index (χ1) is 7.77. The summed E-state index contributed by atoms with van der Waals surface area (Å²) >= 11 is -1.19. The first-order valence-corrected chi connectivity index (χ1v) is 16.6. The Kier molecular flexibility index (Phi) is 8.06. The molecule has 4 heteroatoms. The molecule has 0 heterocycles. The number of halogens is 1. The zero-order chi connectivity index (χ0) is 11.8. The van der Waals surface area contributed by atoms with Gasteiger partial charge in [0.05, 0.1) is 0 Å². The van der Waals surface area contributed by atoms with Crippen molar-refractivity contribution in [2.45, 2.75) is 67.8 Å². The van der Waals surface area contributed by atoms with Crippen molar-refractivity contribution >= 4 is 14.2 Å². The van der Waals surface area contributed by atoms with E-state index in [4.69, 9.17) is 8.25 Å². The Bertz CT molecular complexity index is 213. The van der Waals surface area contributed by atoms with Gasteiger partial charge in [0.2, 0.25) is 0 Å². The van der Waals surface area contributed by atoms with Crippen molar-refractivity contribution in [2.24, 2.45) is 0 Å². The number of rotatable bonds is 6. The second kappa shape index (κ2) is 8.74. The van der Waals surface area contributed by atoms with Gasteiger partial charge in [0.15, 0.2) is 0 Å². The zero-order valence-electron chi connectivity index (χ0n) is 10.3. The molecule has 0 bridgehead atoms. The molecule has 0 aromatic rings. The molecule has 0 saturated heterocycles. The predicted octanol–water partition coefficient (Wildman–Crippen LogP) is 3.65. The average Bonchev–Trinajstić information content (AvgIpc) is 2.30. The molecule has 1 N–H and O–H groups in total. The Labute approximate surface area is 115 Å². The van der Waals surface area contributed by atoms with E-state index in [0.717, 1.165) is 19.3 Å². The van der Waals surface area contributed by atoms with Crippen LogP contribution in [0.5, 0.6) is 0 Å². The Morgan fingerprint density at radius 1 is 1.38 bits per heavy atom. The fourth-order valence-corrected chi connectivity index (χ4v) is 9.57. The molecule has 1 rings (SSSR count). The number of amides is 1. The topological polar surface area (TPSA) is 29.1 Å². The fourth-order valence-electron chi connectivity index (χ4n) is 2.40. The van der Waals surface area contributed by atoms with Gasteiger partial charge >= 0.3 is 115 Å². The maximum atomic E-state index is 11.7. The number of carbonyl (C=O) groups is 1. The molecule has 0 radical (unpaired) electrons. The number of carbonyl (C=O) groups excluding carboxylic acids is 1. The molecular formula is C12H22ClHgNO.